The smallest absolute Gasteiger partial charge is 0.304 e. The number of hydrogen-bond acceptors (Lipinski definition) is 4. The molecule has 1 atom stereocenters. The van der Waals surface area contributed by atoms with Crippen LogP contribution in [0.25, 0.3) is 0 Å². The van der Waals surface area contributed by atoms with E-state index in [1.165, 1.54) is 6.07 Å². The summed E-state index contributed by atoms with van der Waals surface area (Å²) in [6.07, 6.45) is 0. The summed E-state index contributed by atoms with van der Waals surface area (Å²) in [7, 11) is -1.40. The molecule has 0 amide bonds. The number of hydrogen-bond donors (Lipinski definition) is 1. The number of anilines is 1. The lowest BCUT2D eigenvalue weighted by molar-refractivity contribution is -0.387. The Morgan fingerprint density at radius 3 is 2.67 bits per heavy atom. The molecular formula is C14H13FN2O3S. The quantitative estimate of drug-likeness (QED) is 0.534. The van der Waals surface area contributed by atoms with Crippen molar-refractivity contribution < 1.29 is 13.5 Å². The first-order valence-corrected chi connectivity index (χ1v) is 7.38. The third-order valence-electron chi connectivity index (χ3n) is 3.08. The first kappa shape index (κ1) is 15.1. The summed E-state index contributed by atoms with van der Waals surface area (Å²) in [6, 6.07) is 8.63. The van der Waals surface area contributed by atoms with Crippen molar-refractivity contribution in [2.45, 2.75) is 17.6 Å². The highest BCUT2D eigenvalue weighted by Gasteiger charge is 2.16. The molecule has 0 saturated carbocycles. The minimum absolute atomic E-state index is 0.0687. The second-order valence-electron chi connectivity index (χ2n) is 4.50. The third kappa shape index (κ3) is 3.25. The molecule has 110 valence electrons. The summed E-state index contributed by atoms with van der Waals surface area (Å²) in [5, 5.41) is 10.6. The number of halogens is 1. The molecule has 2 aromatic carbocycles. The van der Waals surface area contributed by atoms with E-state index in [0.717, 1.165) is 17.7 Å². The van der Waals surface area contributed by atoms with Crippen LogP contribution >= 0.6 is 0 Å². The Balaban J connectivity index is 2.26. The van der Waals surface area contributed by atoms with Crippen LogP contribution in [0.2, 0.25) is 0 Å². The van der Waals surface area contributed by atoms with Crippen LogP contribution in [0.3, 0.4) is 0 Å². The summed E-state index contributed by atoms with van der Waals surface area (Å²) >= 11 is 0. The van der Waals surface area contributed by atoms with Gasteiger partial charge in [-0.05, 0) is 36.2 Å². The molecule has 0 spiro atoms. The normalized spacial score (nSPS) is 12.1. The molecule has 2 rings (SSSR count). The Kier molecular flexibility index (Phi) is 4.32. The van der Waals surface area contributed by atoms with E-state index in [0.29, 0.717) is 16.1 Å². The van der Waals surface area contributed by atoms with Crippen molar-refractivity contribution in [2.75, 3.05) is 5.73 Å². The maximum Gasteiger partial charge on any atom is 0.304 e. The van der Waals surface area contributed by atoms with E-state index < -0.39 is 27.2 Å². The second-order valence-corrected chi connectivity index (χ2v) is 5.92. The van der Waals surface area contributed by atoms with Crippen molar-refractivity contribution in [3.8, 4) is 0 Å². The van der Waals surface area contributed by atoms with Gasteiger partial charge in [-0.15, -0.1) is 0 Å². The maximum atomic E-state index is 13.5. The fourth-order valence-corrected chi connectivity index (χ4v) is 3.22. The molecular weight excluding hydrogens is 295 g/mol. The molecule has 5 nitrogen and oxygen atoms in total. The molecule has 0 saturated heterocycles. The number of nitrogens with two attached hydrogens (primary N) is 1. The molecule has 2 aromatic rings. The van der Waals surface area contributed by atoms with Crippen LogP contribution in [-0.2, 0) is 16.6 Å². The molecule has 0 aliphatic heterocycles. The standard InChI is InChI=1S/C14H13FN2O3S/c1-9-12(16)3-2-4-14(9)21(20)8-10-5-6-13(17(18)19)11(15)7-10/h2-7H,8,16H2,1H3. The zero-order chi connectivity index (χ0) is 15.6. The molecule has 0 aromatic heterocycles. The Morgan fingerprint density at radius 2 is 2.05 bits per heavy atom. The Morgan fingerprint density at radius 1 is 1.33 bits per heavy atom. The van der Waals surface area contributed by atoms with Gasteiger partial charge in [-0.3, -0.25) is 14.3 Å². The first-order chi connectivity index (χ1) is 9.90. The molecule has 7 heteroatoms. The number of nitrogen functional groups attached to an aromatic ring is 1. The number of nitro benzene ring substituents is 1. The Bertz CT molecular complexity index is 734. The van der Waals surface area contributed by atoms with E-state index >= 15 is 0 Å². The van der Waals surface area contributed by atoms with Gasteiger partial charge in [-0.1, -0.05) is 12.1 Å². The third-order valence-corrected chi connectivity index (χ3v) is 4.61. The highest BCUT2D eigenvalue weighted by Crippen LogP contribution is 2.23. The molecule has 0 bridgehead atoms. The summed E-state index contributed by atoms with van der Waals surface area (Å²) in [6.45, 7) is 1.76. The van der Waals surface area contributed by atoms with Crippen molar-refractivity contribution >= 4 is 22.2 Å². The van der Waals surface area contributed by atoms with Crippen molar-refractivity contribution in [3.63, 3.8) is 0 Å². The predicted molar refractivity (Wildman–Crippen MR) is 78.8 cm³/mol. The van der Waals surface area contributed by atoms with Crippen LogP contribution in [0.4, 0.5) is 15.8 Å². The van der Waals surface area contributed by atoms with E-state index in [9.17, 15) is 18.7 Å². The van der Waals surface area contributed by atoms with Gasteiger partial charge >= 0.3 is 5.69 Å². The molecule has 2 N–H and O–H groups in total. The summed E-state index contributed by atoms with van der Waals surface area (Å²) in [5.74, 6) is -0.863. The molecule has 0 aliphatic rings. The summed E-state index contributed by atoms with van der Waals surface area (Å²) < 4.78 is 25.9. The van der Waals surface area contributed by atoms with Gasteiger partial charge < -0.3 is 5.73 Å². The largest absolute Gasteiger partial charge is 0.398 e. The average molecular weight is 308 g/mol. The number of rotatable bonds is 4. The Hall–Kier alpha value is -2.28. The minimum Gasteiger partial charge on any atom is -0.398 e. The number of nitro groups is 1. The lowest BCUT2D eigenvalue weighted by atomic mass is 10.2. The zero-order valence-corrected chi connectivity index (χ0v) is 12.0. The van der Waals surface area contributed by atoms with E-state index in [2.05, 4.69) is 0 Å². The van der Waals surface area contributed by atoms with Gasteiger partial charge in [0.1, 0.15) is 0 Å². The van der Waals surface area contributed by atoms with E-state index in [1.807, 2.05) is 0 Å². The van der Waals surface area contributed by atoms with E-state index in [4.69, 9.17) is 5.73 Å². The van der Waals surface area contributed by atoms with Crippen LogP contribution in [-0.4, -0.2) is 9.13 Å². The molecule has 0 radical (unpaired) electrons. The molecule has 21 heavy (non-hydrogen) atoms. The molecule has 0 heterocycles. The van der Waals surface area contributed by atoms with Crippen molar-refractivity contribution in [1.82, 2.24) is 0 Å². The predicted octanol–water partition coefficient (Wildman–Crippen LogP) is 2.93. The highest BCUT2D eigenvalue weighted by atomic mass is 32.2. The second kappa shape index (κ2) is 6.01. The average Bonchev–Trinajstić information content (AvgIpc) is 2.41. The lowest BCUT2D eigenvalue weighted by Gasteiger charge is -2.08. The summed E-state index contributed by atoms with van der Waals surface area (Å²) in [4.78, 5) is 10.3. The summed E-state index contributed by atoms with van der Waals surface area (Å²) in [5.41, 5.74) is 6.85. The molecule has 1 unspecified atom stereocenters. The number of nitrogens with zero attached hydrogens (tertiary/aromatic N) is 1. The number of benzene rings is 2. The van der Waals surface area contributed by atoms with Gasteiger partial charge in [0.2, 0.25) is 5.82 Å². The zero-order valence-electron chi connectivity index (χ0n) is 11.2. The monoisotopic (exact) mass is 308 g/mol. The van der Waals surface area contributed by atoms with Crippen LogP contribution in [0.15, 0.2) is 41.3 Å². The van der Waals surface area contributed by atoms with Crippen molar-refractivity contribution in [2.24, 2.45) is 0 Å². The SMILES string of the molecule is Cc1c(N)cccc1S(=O)Cc1ccc([N+](=O)[O-])c(F)c1. The van der Waals surface area contributed by atoms with Crippen LogP contribution in [0, 0.1) is 22.9 Å². The van der Waals surface area contributed by atoms with Crippen molar-refractivity contribution in [3.05, 3.63) is 63.5 Å². The van der Waals surface area contributed by atoms with E-state index in [1.54, 1.807) is 25.1 Å². The first-order valence-electron chi connectivity index (χ1n) is 6.06. The van der Waals surface area contributed by atoms with Gasteiger partial charge in [0, 0.05) is 16.6 Å². The van der Waals surface area contributed by atoms with E-state index in [-0.39, 0.29) is 5.75 Å². The Labute approximate surface area is 123 Å². The molecule has 0 aliphatic carbocycles. The van der Waals surface area contributed by atoms with Crippen LogP contribution < -0.4 is 5.73 Å². The van der Waals surface area contributed by atoms with Crippen LogP contribution in [0.5, 0.6) is 0 Å². The fraction of sp³-hybridized carbons (Fsp3) is 0.143. The van der Waals surface area contributed by atoms with Gasteiger partial charge in [0.25, 0.3) is 0 Å². The van der Waals surface area contributed by atoms with Crippen molar-refractivity contribution in [1.29, 1.82) is 0 Å². The molecule has 0 fully saturated rings. The fourth-order valence-electron chi connectivity index (χ4n) is 1.90. The van der Waals surface area contributed by atoms with Gasteiger partial charge in [0.15, 0.2) is 0 Å². The maximum absolute atomic E-state index is 13.5. The van der Waals surface area contributed by atoms with Gasteiger partial charge in [-0.2, -0.15) is 4.39 Å². The van der Waals surface area contributed by atoms with Crippen LogP contribution in [0.1, 0.15) is 11.1 Å². The topological polar surface area (TPSA) is 86.2 Å². The lowest BCUT2D eigenvalue weighted by Crippen LogP contribution is -2.02. The minimum atomic E-state index is -1.40. The van der Waals surface area contributed by atoms with Gasteiger partial charge in [-0.25, -0.2) is 0 Å². The van der Waals surface area contributed by atoms with Gasteiger partial charge in [0.05, 0.1) is 21.5 Å². The highest BCUT2D eigenvalue weighted by molar-refractivity contribution is 7.84.